The highest BCUT2D eigenvalue weighted by atomic mass is 32.2. The molecule has 1 amide bonds. The van der Waals surface area contributed by atoms with Gasteiger partial charge in [-0.25, -0.2) is 13.4 Å². The van der Waals surface area contributed by atoms with E-state index in [2.05, 4.69) is 25.8 Å². The van der Waals surface area contributed by atoms with Crippen LogP contribution in [0.25, 0.3) is 5.69 Å². The summed E-state index contributed by atoms with van der Waals surface area (Å²) >= 11 is 0. The van der Waals surface area contributed by atoms with Crippen LogP contribution in [0.4, 0.5) is 0 Å². The highest BCUT2D eigenvalue weighted by molar-refractivity contribution is 7.89. The Morgan fingerprint density at radius 1 is 1.28 bits per heavy atom. The average Bonchev–Trinajstić information content (AvgIpc) is 3.07. The van der Waals surface area contributed by atoms with Gasteiger partial charge in [-0.15, -0.1) is 0 Å². The van der Waals surface area contributed by atoms with Gasteiger partial charge in [0.2, 0.25) is 10.0 Å². The lowest BCUT2D eigenvalue weighted by Crippen LogP contribution is -2.33. The van der Waals surface area contributed by atoms with E-state index in [-0.39, 0.29) is 17.3 Å². The fourth-order valence-electron chi connectivity index (χ4n) is 3.46. The zero-order valence-electron chi connectivity index (χ0n) is 17.6. The van der Waals surface area contributed by atoms with Gasteiger partial charge in [0.25, 0.3) is 5.91 Å². The smallest absolute Gasteiger partial charge is 0.274 e. The molecule has 2 heterocycles. The number of aromatic nitrogens is 2. The molecular formula is C21H30N4O3S. The van der Waals surface area contributed by atoms with Gasteiger partial charge in [-0.2, -0.15) is 4.31 Å². The van der Waals surface area contributed by atoms with Gasteiger partial charge in [0.1, 0.15) is 11.2 Å². The van der Waals surface area contributed by atoms with E-state index in [4.69, 9.17) is 0 Å². The second kappa shape index (κ2) is 8.67. The maximum absolute atomic E-state index is 13.4. The van der Waals surface area contributed by atoms with Crippen LogP contribution in [0.1, 0.15) is 56.2 Å². The molecule has 3 rings (SSSR count). The molecule has 158 valence electrons. The molecule has 8 heteroatoms. The van der Waals surface area contributed by atoms with Crippen LogP contribution in [0.15, 0.2) is 35.5 Å². The van der Waals surface area contributed by atoms with E-state index >= 15 is 0 Å². The predicted octanol–water partition coefficient (Wildman–Crippen LogP) is 3.29. The van der Waals surface area contributed by atoms with E-state index in [9.17, 15) is 13.2 Å². The number of unbranched alkanes of at least 4 members (excludes halogenated alkanes) is 1. The molecule has 0 radical (unpaired) electrons. The first kappa shape index (κ1) is 21.5. The minimum atomic E-state index is -3.67. The molecule has 0 atom stereocenters. The summed E-state index contributed by atoms with van der Waals surface area (Å²) in [4.78, 5) is 19.3. The van der Waals surface area contributed by atoms with E-state index < -0.39 is 10.0 Å². The van der Waals surface area contributed by atoms with E-state index in [1.165, 1.54) is 4.31 Å². The van der Waals surface area contributed by atoms with Crippen LogP contribution in [0, 0.1) is 5.92 Å². The Labute approximate surface area is 173 Å². The highest BCUT2D eigenvalue weighted by Gasteiger charge is 2.35. The van der Waals surface area contributed by atoms with E-state index in [0.717, 1.165) is 19.3 Å². The number of hydrogen-bond acceptors (Lipinski definition) is 4. The molecule has 1 aromatic carbocycles. The van der Waals surface area contributed by atoms with E-state index in [1.807, 2.05) is 0 Å². The van der Waals surface area contributed by atoms with Crippen LogP contribution in [0.5, 0.6) is 0 Å². The Balaban J connectivity index is 2.08. The quantitative estimate of drug-likeness (QED) is 0.691. The van der Waals surface area contributed by atoms with Crippen molar-refractivity contribution in [2.75, 3.05) is 20.1 Å². The number of sulfonamides is 1. The van der Waals surface area contributed by atoms with Gasteiger partial charge in [-0.3, -0.25) is 9.36 Å². The number of amides is 1. The Kier molecular flexibility index (Phi) is 6.43. The third-order valence-electron chi connectivity index (χ3n) is 5.29. The van der Waals surface area contributed by atoms with Crippen LogP contribution in [0.2, 0.25) is 0 Å². The van der Waals surface area contributed by atoms with Crippen molar-refractivity contribution in [3.05, 3.63) is 42.0 Å². The molecule has 0 saturated heterocycles. The fourth-order valence-corrected chi connectivity index (χ4v) is 5.05. The van der Waals surface area contributed by atoms with Crippen molar-refractivity contribution in [3.63, 3.8) is 0 Å². The van der Waals surface area contributed by atoms with Crippen molar-refractivity contribution in [3.8, 4) is 5.69 Å². The molecule has 2 aromatic rings. The molecule has 0 fully saturated rings. The largest absolute Gasteiger partial charge is 0.340 e. The minimum Gasteiger partial charge on any atom is -0.340 e. The maximum atomic E-state index is 13.4. The number of para-hydroxylation sites is 1. The summed E-state index contributed by atoms with van der Waals surface area (Å²) in [6.45, 7) is 7.40. The van der Waals surface area contributed by atoms with Gasteiger partial charge < -0.3 is 4.90 Å². The standard InChI is InChI=1S/C21H30N4O3S/c1-5-6-12-23(4)21(26)20-18-14-24(13-11-16(2)3)29(27,28)19-10-8-7-9-17(19)25(18)15-22-20/h7-10,15-16H,5-6,11-14H2,1-4H3. The molecule has 0 spiro atoms. The average molecular weight is 419 g/mol. The Hall–Kier alpha value is -2.19. The number of fused-ring (bicyclic) bond motifs is 3. The van der Waals surface area contributed by atoms with Crippen molar-refractivity contribution in [2.24, 2.45) is 5.92 Å². The third-order valence-corrected chi connectivity index (χ3v) is 7.18. The van der Waals surface area contributed by atoms with Crippen molar-refractivity contribution in [1.82, 2.24) is 18.8 Å². The van der Waals surface area contributed by atoms with E-state index in [1.54, 1.807) is 47.1 Å². The Morgan fingerprint density at radius 2 is 2.00 bits per heavy atom. The third kappa shape index (κ3) is 4.23. The zero-order chi connectivity index (χ0) is 21.2. The lowest BCUT2D eigenvalue weighted by molar-refractivity contribution is 0.0786. The summed E-state index contributed by atoms with van der Waals surface area (Å²) in [6, 6.07) is 6.91. The number of carbonyl (C=O) groups excluding carboxylic acids is 1. The van der Waals surface area contributed by atoms with E-state index in [0.29, 0.717) is 36.1 Å². The van der Waals surface area contributed by atoms with Gasteiger partial charge in [-0.05, 0) is 30.9 Å². The van der Waals surface area contributed by atoms with Gasteiger partial charge in [0.15, 0.2) is 5.69 Å². The number of benzene rings is 1. The molecular weight excluding hydrogens is 388 g/mol. The summed E-state index contributed by atoms with van der Waals surface area (Å²) < 4.78 is 29.9. The summed E-state index contributed by atoms with van der Waals surface area (Å²) in [6.07, 6.45) is 4.22. The molecule has 0 N–H and O–H groups in total. The molecule has 1 aromatic heterocycles. The van der Waals surface area contributed by atoms with Crippen molar-refractivity contribution in [2.45, 2.75) is 51.5 Å². The predicted molar refractivity (Wildman–Crippen MR) is 112 cm³/mol. The van der Waals surface area contributed by atoms with Gasteiger partial charge in [0, 0.05) is 20.1 Å². The number of rotatable bonds is 7. The van der Waals surface area contributed by atoms with Crippen LogP contribution >= 0.6 is 0 Å². The Morgan fingerprint density at radius 3 is 2.69 bits per heavy atom. The molecule has 1 aliphatic rings. The Bertz CT molecular complexity index is 982. The first-order valence-electron chi connectivity index (χ1n) is 10.2. The molecule has 29 heavy (non-hydrogen) atoms. The summed E-state index contributed by atoms with van der Waals surface area (Å²) in [7, 11) is -1.90. The van der Waals surface area contributed by atoms with Crippen molar-refractivity contribution < 1.29 is 13.2 Å². The molecule has 0 unspecified atom stereocenters. The molecule has 0 saturated carbocycles. The number of imidazole rings is 1. The monoisotopic (exact) mass is 418 g/mol. The van der Waals surface area contributed by atoms with Crippen LogP contribution in [-0.2, 0) is 16.6 Å². The second-order valence-electron chi connectivity index (χ2n) is 7.98. The van der Waals surface area contributed by atoms with Gasteiger partial charge >= 0.3 is 0 Å². The maximum Gasteiger partial charge on any atom is 0.274 e. The fraction of sp³-hybridized carbons (Fsp3) is 0.524. The van der Waals surface area contributed by atoms with Crippen LogP contribution in [0.3, 0.4) is 0 Å². The lowest BCUT2D eigenvalue weighted by Gasteiger charge is -2.22. The topological polar surface area (TPSA) is 75.5 Å². The highest BCUT2D eigenvalue weighted by Crippen LogP contribution is 2.31. The first-order chi connectivity index (χ1) is 13.8. The van der Waals surface area contributed by atoms with Gasteiger partial charge in [-0.1, -0.05) is 39.3 Å². The molecule has 0 aliphatic carbocycles. The molecule has 7 nitrogen and oxygen atoms in total. The minimum absolute atomic E-state index is 0.131. The zero-order valence-corrected chi connectivity index (χ0v) is 18.4. The summed E-state index contributed by atoms with van der Waals surface area (Å²) in [5.74, 6) is 0.197. The molecule has 0 bridgehead atoms. The normalized spacial score (nSPS) is 15.6. The summed E-state index contributed by atoms with van der Waals surface area (Å²) in [5.41, 5.74) is 1.48. The van der Waals surface area contributed by atoms with Crippen molar-refractivity contribution >= 4 is 15.9 Å². The first-order valence-corrected chi connectivity index (χ1v) is 11.6. The number of carbonyl (C=O) groups is 1. The molecule has 1 aliphatic heterocycles. The van der Waals surface area contributed by atoms with Crippen molar-refractivity contribution in [1.29, 1.82) is 0 Å². The lowest BCUT2D eigenvalue weighted by atomic mass is 10.1. The van der Waals surface area contributed by atoms with Crippen LogP contribution < -0.4 is 0 Å². The second-order valence-corrected chi connectivity index (χ2v) is 9.89. The SMILES string of the molecule is CCCCN(C)C(=O)c1ncn2c1CN(CCC(C)C)S(=O)(=O)c1ccccc1-2. The number of nitrogens with zero attached hydrogens (tertiary/aromatic N) is 4. The number of hydrogen-bond donors (Lipinski definition) is 0. The van der Waals surface area contributed by atoms with Gasteiger partial charge in [0.05, 0.1) is 17.9 Å². The van der Waals surface area contributed by atoms with Crippen LogP contribution in [-0.4, -0.2) is 53.2 Å². The summed E-state index contributed by atoms with van der Waals surface area (Å²) in [5, 5.41) is 0.